The number of methoxy groups -OCH3 is 1. The minimum atomic E-state index is -0.716. The summed E-state index contributed by atoms with van der Waals surface area (Å²) in [6, 6.07) is 13.0. The monoisotopic (exact) mass is 310 g/mol. The molecule has 0 aliphatic carbocycles. The zero-order valence-electron chi connectivity index (χ0n) is 13.3. The third-order valence-electron chi connectivity index (χ3n) is 4.24. The predicted octanol–water partition coefficient (Wildman–Crippen LogP) is 3.73. The van der Waals surface area contributed by atoms with Crippen LogP contribution in [-0.2, 0) is 9.59 Å². The molecule has 1 atom stereocenters. The summed E-state index contributed by atoms with van der Waals surface area (Å²) < 4.78 is 11.2. The van der Waals surface area contributed by atoms with Crippen LogP contribution in [0.3, 0.4) is 0 Å². The topological polar surface area (TPSA) is 52.6 Å². The number of carbonyl (C=O) groups is 2. The van der Waals surface area contributed by atoms with E-state index in [4.69, 9.17) is 9.47 Å². The van der Waals surface area contributed by atoms with Gasteiger partial charge < -0.3 is 9.47 Å². The Kier molecular flexibility index (Phi) is 3.90. The highest BCUT2D eigenvalue weighted by Crippen LogP contribution is 2.48. The first-order valence-electron chi connectivity index (χ1n) is 7.48. The second kappa shape index (κ2) is 5.88. The van der Waals surface area contributed by atoms with Gasteiger partial charge in [-0.2, -0.15) is 0 Å². The van der Waals surface area contributed by atoms with Crippen LogP contribution in [0.15, 0.2) is 42.5 Å². The van der Waals surface area contributed by atoms with Gasteiger partial charge in [0.1, 0.15) is 28.8 Å². The molecule has 1 heterocycles. The van der Waals surface area contributed by atoms with E-state index in [0.717, 1.165) is 11.1 Å². The summed E-state index contributed by atoms with van der Waals surface area (Å²) in [5, 5.41) is 0. The summed E-state index contributed by atoms with van der Waals surface area (Å²) in [7, 11) is 1.59. The Hall–Kier alpha value is -2.62. The van der Waals surface area contributed by atoms with Gasteiger partial charge in [0.25, 0.3) is 0 Å². The van der Waals surface area contributed by atoms with Crippen molar-refractivity contribution in [2.24, 2.45) is 5.92 Å². The van der Waals surface area contributed by atoms with Gasteiger partial charge in [-0.15, -0.1) is 0 Å². The molecule has 3 rings (SSSR count). The van der Waals surface area contributed by atoms with Crippen LogP contribution in [0.4, 0.5) is 0 Å². The molecule has 0 N–H and O–H groups in total. The smallest absolute Gasteiger partial charge is 0.141 e. The van der Waals surface area contributed by atoms with E-state index in [9.17, 15) is 9.59 Å². The number of hydrogen-bond donors (Lipinski definition) is 0. The molecule has 2 aromatic rings. The normalized spacial score (nSPS) is 15.4. The number of ketones is 2. The van der Waals surface area contributed by atoms with Gasteiger partial charge in [0.2, 0.25) is 0 Å². The summed E-state index contributed by atoms with van der Waals surface area (Å²) in [6.07, 6.45) is 0. The van der Waals surface area contributed by atoms with Crippen LogP contribution in [-0.4, -0.2) is 18.7 Å². The lowest BCUT2D eigenvalue weighted by Gasteiger charge is -2.31. The second-order valence-electron chi connectivity index (χ2n) is 5.72. The average molecular weight is 310 g/mol. The molecule has 23 heavy (non-hydrogen) atoms. The molecule has 0 saturated heterocycles. The molecule has 118 valence electrons. The van der Waals surface area contributed by atoms with Crippen LogP contribution in [0.1, 0.15) is 30.9 Å². The van der Waals surface area contributed by atoms with Gasteiger partial charge in [-0.1, -0.05) is 24.3 Å². The Morgan fingerprint density at radius 1 is 1.00 bits per heavy atom. The number of para-hydroxylation sites is 1. The molecular formula is C19H18O4. The van der Waals surface area contributed by atoms with Crippen LogP contribution >= 0.6 is 0 Å². The van der Waals surface area contributed by atoms with E-state index in [0.29, 0.717) is 17.2 Å². The lowest BCUT2D eigenvalue weighted by atomic mass is 9.75. The Bertz CT molecular complexity index is 765. The first-order chi connectivity index (χ1) is 11.0. The molecule has 1 unspecified atom stereocenters. The highest BCUT2D eigenvalue weighted by molar-refractivity contribution is 6.02. The van der Waals surface area contributed by atoms with Gasteiger partial charge in [0, 0.05) is 23.1 Å². The largest absolute Gasteiger partial charge is 0.497 e. The maximum absolute atomic E-state index is 12.1. The molecule has 1 aliphatic heterocycles. The average Bonchev–Trinajstić information content (AvgIpc) is 2.53. The fraction of sp³-hybridized carbons (Fsp3) is 0.263. The fourth-order valence-corrected chi connectivity index (χ4v) is 3.22. The zero-order valence-corrected chi connectivity index (χ0v) is 13.3. The maximum atomic E-state index is 12.1. The molecule has 4 nitrogen and oxygen atoms in total. The summed E-state index contributed by atoms with van der Waals surface area (Å²) in [5.41, 5.74) is 1.69. The van der Waals surface area contributed by atoms with Crippen molar-refractivity contribution in [3.8, 4) is 17.2 Å². The SMILES string of the molecule is COc1ccc2c(c1)Oc1ccccc1C2C(C(C)=O)C(C)=O. The van der Waals surface area contributed by atoms with Crippen molar-refractivity contribution < 1.29 is 19.1 Å². The minimum Gasteiger partial charge on any atom is -0.497 e. The van der Waals surface area contributed by atoms with Crippen LogP contribution < -0.4 is 9.47 Å². The molecule has 0 aromatic heterocycles. The second-order valence-corrected chi connectivity index (χ2v) is 5.72. The highest BCUT2D eigenvalue weighted by atomic mass is 16.5. The van der Waals surface area contributed by atoms with Crippen molar-refractivity contribution in [2.75, 3.05) is 7.11 Å². The highest BCUT2D eigenvalue weighted by Gasteiger charge is 2.38. The number of Topliss-reactive ketones (excluding diaryl/α,β-unsaturated/α-hetero) is 2. The number of fused-ring (bicyclic) bond motifs is 2. The maximum Gasteiger partial charge on any atom is 0.141 e. The van der Waals surface area contributed by atoms with E-state index in [1.807, 2.05) is 36.4 Å². The van der Waals surface area contributed by atoms with E-state index < -0.39 is 5.92 Å². The third-order valence-corrected chi connectivity index (χ3v) is 4.24. The summed E-state index contributed by atoms with van der Waals surface area (Å²) in [6.45, 7) is 2.93. The van der Waals surface area contributed by atoms with Gasteiger partial charge in [0.15, 0.2) is 0 Å². The van der Waals surface area contributed by atoms with Crippen LogP contribution in [0, 0.1) is 5.92 Å². The molecule has 4 heteroatoms. The standard InChI is InChI=1S/C19H18O4/c1-11(20)18(12(2)21)19-14-6-4-5-7-16(14)23-17-10-13(22-3)8-9-15(17)19/h4-10,18-19H,1-3H3. The van der Waals surface area contributed by atoms with Crippen molar-refractivity contribution in [1.82, 2.24) is 0 Å². The molecule has 0 saturated carbocycles. The Morgan fingerprint density at radius 3 is 2.30 bits per heavy atom. The molecule has 1 aliphatic rings. The Labute approximate surface area is 135 Å². The quantitative estimate of drug-likeness (QED) is 0.808. The van der Waals surface area contributed by atoms with Crippen molar-refractivity contribution in [3.05, 3.63) is 53.6 Å². The Balaban J connectivity index is 2.22. The summed E-state index contributed by atoms with van der Waals surface area (Å²) in [5.74, 6) is 0.639. The van der Waals surface area contributed by atoms with Crippen molar-refractivity contribution in [3.63, 3.8) is 0 Å². The van der Waals surface area contributed by atoms with E-state index in [1.165, 1.54) is 13.8 Å². The summed E-state index contributed by atoms with van der Waals surface area (Å²) in [4.78, 5) is 24.3. The number of ether oxygens (including phenoxy) is 2. The molecular weight excluding hydrogens is 292 g/mol. The molecule has 0 radical (unpaired) electrons. The first-order valence-corrected chi connectivity index (χ1v) is 7.48. The van der Waals surface area contributed by atoms with Gasteiger partial charge in [0.05, 0.1) is 13.0 Å². The van der Waals surface area contributed by atoms with Gasteiger partial charge in [-0.25, -0.2) is 0 Å². The zero-order chi connectivity index (χ0) is 16.6. The van der Waals surface area contributed by atoms with Gasteiger partial charge in [-0.3, -0.25) is 9.59 Å². The lowest BCUT2D eigenvalue weighted by molar-refractivity contribution is -0.130. The predicted molar refractivity (Wildman–Crippen MR) is 86.2 cm³/mol. The molecule has 0 spiro atoms. The van der Waals surface area contributed by atoms with Gasteiger partial charge in [-0.05, 0) is 26.0 Å². The summed E-state index contributed by atoms with van der Waals surface area (Å²) >= 11 is 0. The van der Waals surface area contributed by atoms with Crippen LogP contribution in [0.25, 0.3) is 0 Å². The number of rotatable bonds is 4. The van der Waals surface area contributed by atoms with Crippen molar-refractivity contribution in [2.45, 2.75) is 19.8 Å². The number of hydrogen-bond acceptors (Lipinski definition) is 4. The fourth-order valence-electron chi connectivity index (χ4n) is 3.22. The molecule has 2 aromatic carbocycles. The van der Waals surface area contributed by atoms with E-state index in [-0.39, 0.29) is 17.5 Å². The lowest BCUT2D eigenvalue weighted by Crippen LogP contribution is -2.29. The van der Waals surface area contributed by atoms with Crippen molar-refractivity contribution in [1.29, 1.82) is 0 Å². The number of carbonyl (C=O) groups excluding carboxylic acids is 2. The molecule has 0 amide bonds. The van der Waals surface area contributed by atoms with E-state index in [1.54, 1.807) is 13.2 Å². The molecule has 0 fully saturated rings. The molecule has 0 bridgehead atoms. The van der Waals surface area contributed by atoms with Crippen molar-refractivity contribution >= 4 is 11.6 Å². The van der Waals surface area contributed by atoms with E-state index >= 15 is 0 Å². The van der Waals surface area contributed by atoms with Gasteiger partial charge >= 0.3 is 0 Å². The minimum absolute atomic E-state index is 0.138. The first kappa shape index (κ1) is 15.3. The van der Waals surface area contributed by atoms with Crippen LogP contribution in [0.5, 0.6) is 17.2 Å². The van der Waals surface area contributed by atoms with E-state index in [2.05, 4.69) is 0 Å². The number of benzene rings is 2. The van der Waals surface area contributed by atoms with Crippen LogP contribution in [0.2, 0.25) is 0 Å². The third kappa shape index (κ3) is 2.61. The Morgan fingerprint density at radius 2 is 1.65 bits per heavy atom.